The Hall–Kier alpha value is -1.92. The second-order valence-electron chi connectivity index (χ2n) is 6.38. The molecule has 2 aliphatic rings. The minimum atomic E-state index is -0.672. The molecule has 6 heteroatoms. The van der Waals surface area contributed by atoms with Crippen molar-refractivity contribution in [2.45, 2.75) is 50.9 Å². The molecule has 2 fully saturated rings. The van der Waals surface area contributed by atoms with Gasteiger partial charge in [-0.2, -0.15) is 0 Å². The lowest BCUT2D eigenvalue weighted by atomic mass is 10.1. The fourth-order valence-corrected chi connectivity index (χ4v) is 3.19. The molecule has 6 nitrogen and oxygen atoms in total. The third-order valence-electron chi connectivity index (χ3n) is 4.60. The highest BCUT2D eigenvalue weighted by atomic mass is 16.7. The van der Waals surface area contributed by atoms with Gasteiger partial charge in [0.1, 0.15) is 6.10 Å². The molecule has 3 rings (SSSR count). The molecular weight excluding hydrogens is 308 g/mol. The second-order valence-corrected chi connectivity index (χ2v) is 6.38. The Bertz CT molecular complexity index is 594. The van der Waals surface area contributed by atoms with Gasteiger partial charge in [-0.1, -0.05) is 19.1 Å². The molecule has 2 amide bonds. The second kappa shape index (κ2) is 7.32. The number of hydrogen-bond donors (Lipinski definition) is 2. The van der Waals surface area contributed by atoms with Gasteiger partial charge in [0.05, 0.1) is 6.61 Å². The summed E-state index contributed by atoms with van der Waals surface area (Å²) < 4.78 is 11.7. The van der Waals surface area contributed by atoms with E-state index in [0.717, 1.165) is 32.1 Å². The maximum atomic E-state index is 11.9. The maximum Gasteiger partial charge on any atom is 0.313 e. The SMILES string of the molecule is CCc1ccc(NC(=O)C(=O)NC[C@H]2COC3(CCCC3)O2)cc1. The Morgan fingerprint density at radius 3 is 2.54 bits per heavy atom. The first-order chi connectivity index (χ1) is 11.6. The molecule has 1 saturated carbocycles. The summed E-state index contributed by atoms with van der Waals surface area (Å²) in [7, 11) is 0. The van der Waals surface area contributed by atoms with E-state index in [1.54, 1.807) is 12.1 Å². The lowest BCUT2D eigenvalue weighted by Crippen LogP contribution is -2.40. The number of ether oxygens (including phenoxy) is 2. The van der Waals surface area contributed by atoms with Crippen molar-refractivity contribution in [2.24, 2.45) is 0 Å². The van der Waals surface area contributed by atoms with Gasteiger partial charge >= 0.3 is 11.8 Å². The van der Waals surface area contributed by atoms with Crippen molar-refractivity contribution >= 4 is 17.5 Å². The summed E-state index contributed by atoms with van der Waals surface area (Å²) in [4.78, 5) is 23.8. The zero-order valence-corrected chi connectivity index (χ0v) is 14.0. The number of hydrogen-bond acceptors (Lipinski definition) is 4. The summed E-state index contributed by atoms with van der Waals surface area (Å²) in [6.45, 7) is 2.80. The molecule has 1 atom stereocenters. The van der Waals surface area contributed by atoms with Crippen LogP contribution in [-0.2, 0) is 25.5 Å². The van der Waals surface area contributed by atoms with Gasteiger partial charge in [-0.3, -0.25) is 9.59 Å². The fourth-order valence-electron chi connectivity index (χ4n) is 3.19. The van der Waals surface area contributed by atoms with E-state index in [1.165, 1.54) is 5.56 Å². The molecule has 1 heterocycles. The molecule has 1 saturated heterocycles. The lowest BCUT2D eigenvalue weighted by molar-refractivity contribution is -0.161. The van der Waals surface area contributed by atoms with E-state index in [-0.39, 0.29) is 12.6 Å². The highest BCUT2D eigenvalue weighted by molar-refractivity contribution is 6.39. The van der Waals surface area contributed by atoms with Gasteiger partial charge in [-0.25, -0.2) is 0 Å². The van der Waals surface area contributed by atoms with Crippen LogP contribution in [0.1, 0.15) is 38.2 Å². The van der Waals surface area contributed by atoms with Gasteiger partial charge in [0.2, 0.25) is 0 Å². The topological polar surface area (TPSA) is 76.7 Å². The molecule has 1 aliphatic carbocycles. The van der Waals surface area contributed by atoms with Crippen LogP contribution >= 0.6 is 0 Å². The summed E-state index contributed by atoms with van der Waals surface area (Å²) in [6.07, 6.45) is 4.77. The standard InChI is InChI=1S/C18H24N2O4/c1-2-13-5-7-14(8-6-13)20-17(22)16(21)19-11-15-12-23-18(24-15)9-3-4-10-18/h5-8,15H,2-4,9-12H2,1H3,(H,19,21)(H,20,22)/t15-/m0/s1. The molecule has 130 valence electrons. The van der Waals surface area contributed by atoms with Crippen LogP contribution in [0.15, 0.2) is 24.3 Å². The molecule has 0 radical (unpaired) electrons. The minimum Gasteiger partial charge on any atom is -0.347 e. The van der Waals surface area contributed by atoms with Crippen LogP contribution in [0.3, 0.4) is 0 Å². The normalized spacial score (nSPS) is 21.8. The third kappa shape index (κ3) is 3.94. The van der Waals surface area contributed by atoms with Gasteiger partial charge in [0, 0.05) is 25.1 Å². The molecule has 2 N–H and O–H groups in total. The van der Waals surface area contributed by atoms with Crippen LogP contribution in [-0.4, -0.2) is 36.9 Å². The van der Waals surface area contributed by atoms with Crippen LogP contribution < -0.4 is 10.6 Å². The molecular formula is C18H24N2O4. The predicted octanol–water partition coefficient (Wildman–Crippen LogP) is 1.99. The first-order valence-corrected chi connectivity index (χ1v) is 8.60. The number of rotatable bonds is 4. The van der Waals surface area contributed by atoms with Crippen molar-refractivity contribution in [2.75, 3.05) is 18.5 Å². The molecule has 1 spiro atoms. The maximum absolute atomic E-state index is 11.9. The van der Waals surface area contributed by atoms with Crippen LogP contribution in [0.5, 0.6) is 0 Å². The largest absolute Gasteiger partial charge is 0.347 e. The van der Waals surface area contributed by atoms with E-state index >= 15 is 0 Å². The summed E-state index contributed by atoms with van der Waals surface area (Å²) in [5.74, 6) is -1.78. The van der Waals surface area contributed by atoms with Crippen molar-refractivity contribution in [1.82, 2.24) is 5.32 Å². The van der Waals surface area contributed by atoms with E-state index < -0.39 is 17.6 Å². The van der Waals surface area contributed by atoms with Crippen molar-refractivity contribution in [1.29, 1.82) is 0 Å². The van der Waals surface area contributed by atoms with Crippen molar-refractivity contribution < 1.29 is 19.1 Å². The van der Waals surface area contributed by atoms with Crippen molar-refractivity contribution in [3.8, 4) is 0 Å². The van der Waals surface area contributed by atoms with E-state index in [0.29, 0.717) is 12.3 Å². The highest BCUT2D eigenvalue weighted by Crippen LogP contribution is 2.38. The first-order valence-electron chi connectivity index (χ1n) is 8.60. The summed E-state index contributed by atoms with van der Waals surface area (Å²) in [5, 5.41) is 5.21. The molecule has 0 bridgehead atoms. The fraction of sp³-hybridized carbons (Fsp3) is 0.556. The zero-order chi connectivity index (χ0) is 17.0. The van der Waals surface area contributed by atoms with Gasteiger partial charge in [-0.05, 0) is 37.0 Å². The Kier molecular flexibility index (Phi) is 5.16. The molecule has 1 aromatic carbocycles. The van der Waals surface area contributed by atoms with Gasteiger partial charge in [0.15, 0.2) is 5.79 Å². The van der Waals surface area contributed by atoms with Crippen LogP contribution in [0, 0.1) is 0 Å². The molecule has 0 aromatic heterocycles. The Labute approximate surface area is 141 Å². The van der Waals surface area contributed by atoms with E-state index in [9.17, 15) is 9.59 Å². The van der Waals surface area contributed by atoms with E-state index in [4.69, 9.17) is 9.47 Å². The third-order valence-corrected chi connectivity index (χ3v) is 4.60. The summed E-state index contributed by atoms with van der Waals surface area (Å²) in [5.41, 5.74) is 1.79. The smallest absolute Gasteiger partial charge is 0.313 e. The summed E-state index contributed by atoms with van der Waals surface area (Å²) in [6, 6.07) is 7.44. The van der Waals surface area contributed by atoms with Gasteiger partial charge < -0.3 is 20.1 Å². The number of aryl methyl sites for hydroxylation is 1. The molecule has 24 heavy (non-hydrogen) atoms. The number of anilines is 1. The number of carbonyl (C=O) groups is 2. The lowest BCUT2D eigenvalue weighted by Gasteiger charge is -2.21. The van der Waals surface area contributed by atoms with Gasteiger partial charge in [0.25, 0.3) is 0 Å². The quantitative estimate of drug-likeness (QED) is 0.827. The van der Waals surface area contributed by atoms with Crippen LogP contribution in [0.4, 0.5) is 5.69 Å². The van der Waals surface area contributed by atoms with Crippen LogP contribution in [0.2, 0.25) is 0 Å². The monoisotopic (exact) mass is 332 g/mol. The molecule has 0 unspecified atom stereocenters. The Morgan fingerprint density at radius 1 is 1.17 bits per heavy atom. The van der Waals surface area contributed by atoms with Crippen molar-refractivity contribution in [3.05, 3.63) is 29.8 Å². The minimum absolute atomic E-state index is 0.191. The number of benzene rings is 1. The number of carbonyl (C=O) groups excluding carboxylic acids is 2. The number of amides is 2. The zero-order valence-electron chi connectivity index (χ0n) is 14.0. The summed E-state index contributed by atoms with van der Waals surface area (Å²) >= 11 is 0. The average Bonchev–Trinajstić information content (AvgIpc) is 3.23. The predicted molar refractivity (Wildman–Crippen MR) is 89.5 cm³/mol. The van der Waals surface area contributed by atoms with E-state index in [2.05, 4.69) is 17.6 Å². The molecule has 1 aliphatic heterocycles. The van der Waals surface area contributed by atoms with E-state index in [1.807, 2.05) is 12.1 Å². The average molecular weight is 332 g/mol. The Balaban J connectivity index is 1.43. The van der Waals surface area contributed by atoms with Crippen molar-refractivity contribution in [3.63, 3.8) is 0 Å². The molecule has 1 aromatic rings. The van der Waals surface area contributed by atoms with Gasteiger partial charge in [-0.15, -0.1) is 0 Å². The Morgan fingerprint density at radius 2 is 1.88 bits per heavy atom. The van der Waals surface area contributed by atoms with Crippen LogP contribution in [0.25, 0.3) is 0 Å². The highest BCUT2D eigenvalue weighted by Gasteiger charge is 2.43. The first kappa shape index (κ1) is 16.9. The number of nitrogens with one attached hydrogen (secondary N) is 2.